The van der Waals surface area contributed by atoms with E-state index in [2.05, 4.69) is 5.32 Å². The summed E-state index contributed by atoms with van der Waals surface area (Å²) in [6, 6.07) is 8.29. The summed E-state index contributed by atoms with van der Waals surface area (Å²) in [7, 11) is -3.47. The molecule has 1 saturated heterocycles. The maximum absolute atomic E-state index is 12.5. The molecule has 1 N–H and O–H groups in total. The molecule has 0 aliphatic carbocycles. The lowest BCUT2D eigenvalue weighted by molar-refractivity contribution is 0.263. The van der Waals surface area contributed by atoms with Crippen LogP contribution >= 0.6 is 0 Å². The van der Waals surface area contributed by atoms with Crippen LogP contribution in [0.2, 0.25) is 0 Å². The Morgan fingerprint density at radius 1 is 1.21 bits per heavy atom. The summed E-state index contributed by atoms with van der Waals surface area (Å²) in [6.07, 6.45) is 0. The van der Waals surface area contributed by atoms with Crippen molar-refractivity contribution in [3.8, 4) is 6.07 Å². The molecule has 6 heteroatoms. The zero-order valence-electron chi connectivity index (χ0n) is 11.0. The summed E-state index contributed by atoms with van der Waals surface area (Å²) in [5.74, 6) is 0. The average Bonchev–Trinajstić information content (AvgIpc) is 2.37. The van der Waals surface area contributed by atoms with E-state index >= 15 is 0 Å². The second-order valence-corrected chi connectivity index (χ2v) is 6.86. The number of benzene rings is 1. The first-order valence-electron chi connectivity index (χ1n) is 6.20. The first-order valence-corrected chi connectivity index (χ1v) is 7.64. The molecule has 0 amide bonds. The van der Waals surface area contributed by atoms with Gasteiger partial charge in [0.25, 0.3) is 0 Å². The lowest BCUT2D eigenvalue weighted by Crippen LogP contribution is -2.55. The highest BCUT2D eigenvalue weighted by atomic mass is 32.2. The Hall–Kier alpha value is -1.42. The van der Waals surface area contributed by atoms with Crippen molar-refractivity contribution in [2.45, 2.75) is 30.8 Å². The molecule has 0 aromatic heterocycles. The molecule has 0 bridgehead atoms. The van der Waals surface area contributed by atoms with E-state index in [0.717, 1.165) is 0 Å². The molecule has 0 unspecified atom stereocenters. The van der Waals surface area contributed by atoms with E-state index in [1.807, 2.05) is 19.9 Å². The average molecular weight is 279 g/mol. The van der Waals surface area contributed by atoms with Crippen LogP contribution in [0.15, 0.2) is 29.2 Å². The second kappa shape index (κ2) is 5.29. The molecule has 1 heterocycles. The standard InChI is InChI=1S/C13H17N3O2S/c1-10-8-16(9-11(2)15-10)19(17,18)13-5-3-12(7-14)4-6-13/h3-6,10-11,15H,8-9H2,1-2H3/t10-,11-/m1/s1. The highest BCUT2D eigenvalue weighted by Crippen LogP contribution is 2.19. The molecule has 5 nitrogen and oxygen atoms in total. The molecular weight excluding hydrogens is 262 g/mol. The first-order chi connectivity index (χ1) is 8.93. The SMILES string of the molecule is C[C@@H]1CN(S(=O)(=O)c2ccc(C#N)cc2)C[C@@H](C)N1. The number of piperazine rings is 1. The van der Waals surface area contributed by atoms with Crippen LogP contribution in [0.5, 0.6) is 0 Å². The summed E-state index contributed by atoms with van der Waals surface area (Å²) in [6.45, 7) is 4.87. The fraction of sp³-hybridized carbons (Fsp3) is 0.462. The van der Waals surface area contributed by atoms with Crippen LogP contribution in [0.3, 0.4) is 0 Å². The van der Waals surface area contributed by atoms with Gasteiger partial charge < -0.3 is 5.32 Å². The van der Waals surface area contributed by atoms with Gasteiger partial charge in [-0.25, -0.2) is 8.42 Å². The Labute approximate surface area is 113 Å². The van der Waals surface area contributed by atoms with Crippen molar-refractivity contribution in [3.05, 3.63) is 29.8 Å². The van der Waals surface area contributed by atoms with E-state index in [0.29, 0.717) is 18.7 Å². The molecule has 1 aliphatic heterocycles. The summed E-state index contributed by atoms with van der Waals surface area (Å²) >= 11 is 0. The van der Waals surface area contributed by atoms with Crippen LogP contribution in [0.1, 0.15) is 19.4 Å². The van der Waals surface area contributed by atoms with Crippen molar-refractivity contribution in [1.82, 2.24) is 9.62 Å². The monoisotopic (exact) mass is 279 g/mol. The van der Waals surface area contributed by atoms with Gasteiger partial charge in [-0.15, -0.1) is 0 Å². The normalized spacial score (nSPS) is 24.9. The number of nitrogens with zero attached hydrogens (tertiary/aromatic N) is 2. The van der Waals surface area contributed by atoms with Gasteiger partial charge in [-0.1, -0.05) is 0 Å². The smallest absolute Gasteiger partial charge is 0.243 e. The summed E-state index contributed by atoms with van der Waals surface area (Å²) < 4.78 is 26.5. The second-order valence-electron chi connectivity index (χ2n) is 4.93. The van der Waals surface area contributed by atoms with Gasteiger partial charge in [0.2, 0.25) is 10.0 Å². The quantitative estimate of drug-likeness (QED) is 0.874. The van der Waals surface area contributed by atoms with E-state index in [4.69, 9.17) is 5.26 Å². The van der Waals surface area contributed by atoms with Gasteiger partial charge in [0.15, 0.2) is 0 Å². The van der Waals surface area contributed by atoms with Crippen molar-refractivity contribution in [2.24, 2.45) is 0 Å². The highest BCUT2D eigenvalue weighted by molar-refractivity contribution is 7.89. The van der Waals surface area contributed by atoms with Gasteiger partial charge in [-0.2, -0.15) is 9.57 Å². The number of nitrogens with one attached hydrogen (secondary N) is 1. The maximum Gasteiger partial charge on any atom is 0.243 e. The van der Waals surface area contributed by atoms with Crippen LogP contribution in [-0.2, 0) is 10.0 Å². The summed E-state index contributed by atoms with van der Waals surface area (Å²) in [5.41, 5.74) is 0.459. The predicted octanol–water partition coefficient (Wildman–Crippen LogP) is 0.929. The maximum atomic E-state index is 12.5. The Bertz CT molecular complexity index is 579. The molecule has 2 atom stereocenters. The Balaban J connectivity index is 2.28. The van der Waals surface area contributed by atoms with Crippen LogP contribution < -0.4 is 5.32 Å². The molecule has 1 aliphatic rings. The highest BCUT2D eigenvalue weighted by Gasteiger charge is 2.31. The minimum absolute atomic E-state index is 0.136. The molecule has 19 heavy (non-hydrogen) atoms. The fourth-order valence-corrected chi connectivity index (χ4v) is 3.94. The molecule has 1 aromatic rings. The van der Waals surface area contributed by atoms with Crippen molar-refractivity contribution < 1.29 is 8.42 Å². The lowest BCUT2D eigenvalue weighted by Gasteiger charge is -2.35. The van der Waals surface area contributed by atoms with Gasteiger partial charge in [-0.3, -0.25) is 0 Å². The number of sulfonamides is 1. The number of nitriles is 1. The molecule has 0 saturated carbocycles. The third kappa shape index (κ3) is 2.95. The third-order valence-electron chi connectivity index (χ3n) is 3.15. The molecule has 2 rings (SSSR count). The van der Waals surface area contributed by atoms with E-state index in [1.165, 1.54) is 28.6 Å². The molecule has 0 radical (unpaired) electrons. The minimum Gasteiger partial charge on any atom is -0.309 e. The van der Waals surface area contributed by atoms with Gasteiger partial charge in [0.05, 0.1) is 16.5 Å². The summed E-state index contributed by atoms with van der Waals surface area (Å²) in [4.78, 5) is 0.243. The molecule has 1 aromatic carbocycles. The van der Waals surface area contributed by atoms with Gasteiger partial charge in [-0.05, 0) is 38.1 Å². The van der Waals surface area contributed by atoms with E-state index in [9.17, 15) is 8.42 Å². The van der Waals surface area contributed by atoms with Crippen molar-refractivity contribution in [1.29, 1.82) is 5.26 Å². The Morgan fingerprint density at radius 2 is 1.74 bits per heavy atom. The number of hydrogen-bond donors (Lipinski definition) is 1. The van der Waals surface area contributed by atoms with E-state index in [1.54, 1.807) is 0 Å². The molecule has 102 valence electrons. The zero-order chi connectivity index (χ0) is 14.0. The predicted molar refractivity (Wildman–Crippen MR) is 72.0 cm³/mol. The summed E-state index contributed by atoms with van der Waals surface area (Å²) in [5, 5.41) is 12.0. The van der Waals surface area contributed by atoms with E-state index < -0.39 is 10.0 Å². The van der Waals surface area contributed by atoms with Crippen LogP contribution in [0.25, 0.3) is 0 Å². The molecule has 1 fully saturated rings. The van der Waals surface area contributed by atoms with Gasteiger partial charge in [0, 0.05) is 25.2 Å². The first kappa shape index (κ1) is 14.0. The van der Waals surface area contributed by atoms with Crippen molar-refractivity contribution in [2.75, 3.05) is 13.1 Å². The molecule has 0 spiro atoms. The van der Waals surface area contributed by atoms with Gasteiger partial charge >= 0.3 is 0 Å². The molecular formula is C13H17N3O2S. The fourth-order valence-electron chi connectivity index (χ4n) is 2.32. The van der Waals surface area contributed by atoms with Crippen LogP contribution in [0, 0.1) is 11.3 Å². The Kier molecular flexibility index (Phi) is 3.90. The van der Waals surface area contributed by atoms with Crippen LogP contribution in [0.4, 0.5) is 0 Å². The largest absolute Gasteiger partial charge is 0.309 e. The van der Waals surface area contributed by atoms with E-state index in [-0.39, 0.29) is 17.0 Å². The lowest BCUT2D eigenvalue weighted by atomic mass is 10.2. The van der Waals surface area contributed by atoms with Gasteiger partial charge in [0.1, 0.15) is 0 Å². The Morgan fingerprint density at radius 3 is 2.21 bits per heavy atom. The zero-order valence-corrected chi connectivity index (χ0v) is 11.8. The minimum atomic E-state index is -3.47. The number of hydrogen-bond acceptors (Lipinski definition) is 4. The van der Waals surface area contributed by atoms with Crippen LogP contribution in [-0.4, -0.2) is 37.9 Å². The number of rotatable bonds is 2. The van der Waals surface area contributed by atoms with Crippen molar-refractivity contribution >= 4 is 10.0 Å². The van der Waals surface area contributed by atoms with Crippen molar-refractivity contribution in [3.63, 3.8) is 0 Å². The topological polar surface area (TPSA) is 73.2 Å². The third-order valence-corrected chi connectivity index (χ3v) is 4.99.